The molecule has 2 unspecified atom stereocenters. The number of ether oxygens (including phenoxy) is 6. The van der Waals surface area contributed by atoms with Gasteiger partial charge in [0.05, 0.1) is 39.4 Å². The predicted molar refractivity (Wildman–Crippen MR) is 185 cm³/mol. The molecule has 2 amide bonds. The van der Waals surface area contributed by atoms with Crippen molar-refractivity contribution in [3.05, 3.63) is 12.7 Å². The van der Waals surface area contributed by atoms with Crippen LogP contribution in [0.25, 0.3) is 11.2 Å². The number of carbonyl (C=O) groups excluding carboxylic acids is 2. The van der Waals surface area contributed by atoms with Gasteiger partial charge in [0.15, 0.2) is 30.1 Å². The number of aromatic nitrogens is 4. The first-order chi connectivity index (χ1) is 26.1. The summed E-state index contributed by atoms with van der Waals surface area (Å²) in [4.78, 5) is 64.9. The fourth-order valence-electron chi connectivity index (χ4n) is 5.92. The molecule has 26 heteroatoms. The zero-order valence-electron chi connectivity index (χ0n) is 30.0. The number of nitrogens with two attached hydrogens (primary N) is 1. The molecule has 0 aliphatic carbocycles. The Hall–Kier alpha value is -2.90. The normalized spacial score (nSPS) is 28.7. The van der Waals surface area contributed by atoms with Crippen LogP contribution >= 0.6 is 15.9 Å². The lowest BCUT2D eigenvalue weighted by atomic mass is 9.97. The molecular formula is C29H48N7O17P2+. The first kappa shape index (κ1) is 44.8. The maximum Gasteiger partial charge on any atom is 0.517 e. The minimum absolute atomic E-state index is 0.0270. The number of unbranched alkanes of at least 4 members (excludes halogenated alkanes) is 1. The summed E-state index contributed by atoms with van der Waals surface area (Å²) < 4.78 is 64.2. The molecule has 310 valence electrons. The number of aliphatic hydroxyl groups is 3. The quantitative estimate of drug-likeness (QED) is 0.0337. The number of hydrogen-bond acceptors (Lipinski definition) is 18. The molecule has 10 N–H and O–H groups in total. The molecule has 2 fully saturated rings. The van der Waals surface area contributed by atoms with Gasteiger partial charge in [-0.3, -0.25) is 18.7 Å². The molecule has 4 rings (SSSR count). The van der Waals surface area contributed by atoms with E-state index in [1.807, 2.05) is 0 Å². The molecule has 55 heavy (non-hydrogen) atoms. The lowest BCUT2D eigenvalue weighted by Gasteiger charge is -2.42. The van der Waals surface area contributed by atoms with Gasteiger partial charge in [0.2, 0.25) is 11.8 Å². The van der Waals surface area contributed by atoms with Crippen LogP contribution in [-0.2, 0) is 51.7 Å². The number of amides is 2. The van der Waals surface area contributed by atoms with E-state index in [0.717, 1.165) is 0 Å². The molecule has 0 radical (unpaired) electrons. The van der Waals surface area contributed by atoms with Gasteiger partial charge in [-0.2, -0.15) is 4.89 Å². The number of phosphoric acid groups is 1. The lowest BCUT2D eigenvalue weighted by Crippen LogP contribution is -2.64. The zero-order valence-corrected chi connectivity index (χ0v) is 31.8. The Kier molecular flexibility index (Phi) is 16.7. The molecule has 2 aliphatic heterocycles. The Morgan fingerprint density at radius 2 is 1.82 bits per heavy atom. The van der Waals surface area contributed by atoms with Gasteiger partial charge >= 0.3 is 15.9 Å². The third-order valence-electron chi connectivity index (χ3n) is 8.86. The van der Waals surface area contributed by atoms with Crippen LogP contribution in [0.1, 0.15) is 39.3 Å². The minimum Gasteiger partial charge on any atom is -0.394 e. The van der Waals surface area contributed by atoms with Crippen LogP contribution in [0.4, 0.5) is 5.82 Å². The van der Waals surface area contributed by atoms with Crippen molar-refractivity contribution in [2.45, 2.75) is 87.3 Å². The van der Waals surface area contributed by atoms with Gasteiger partial charge in [0.1, 0.15) is 49.1 Å². The highest BCUT2D eigenvalue weighted by molar-refractivity contribution is 7.46. The first-order valence-corrected chi connectivity index (χ1v) is 19.8. The summed E-state index contributed by atoms with van der Waals surface area (Å²) in [6.07, 6.45) is -5.27. The summed E-state index contributed by atoms with van der Waals surface area (Å²) in [5.74, 6) is -0.640. The Bertz CT molecular complexity index is 1640. The molecule has 0 spiro atoms. The van der Waals surface area contributed by atoms with Crippen LogP contribution in [-0.4, -0.2) is 162 Å². The molecule has 2 aromatic heterocycles. The predicted octanol–water partition coefficient (Wildman–Crippen LogP) is -2.47. The zero-order chi connectivity index (χ0) is 40.3. The fourth-order valence-corrected chi connectivity index (χ4v) is 7.06. The fraction of sp³-hybridized carbons (Fsp3) is 0.759. The van der Waals surface area contributed by atoms with E-state index >= 15 is 0 Å². The number of rotatable bonds is 22. The monoisotopic (exact) mass is 828 g/mol. The summed E-state index contributed by atoms with van der Waals surface area (Å²) in [6, 6.07) is -1.05. The summed E-state index contributed by atoms with van der Waals surface area (Å²) in [5, 5.41) is 33.3. The number of anilines is 1. The van der Waals surface area contributed by atoms with E-state index < -0.39 is 96.0 Å². The van der Waals surface area contributed by atoms with E-state index in [2.05, 4.69) is 30.1 Å². The van der Waals surface area contributed by atoms with Crippen LogP contribution in [0.15, 0.2) is 12.7 Å². The summed E-state index contributed by atoms with van der Waals surface area (Å²) in [7, 11) is -8.08. The van der Waals surface area contributed by atoms with Crippen LogP contribution in [0, 0.1) is 0 Å². The number of nitrogens with one attached hydrogen (secondary N) is 2. The lowest BCUT2D eigenvalue weighted by molar-refractivity contribution is -0.270. The van der Waals surface area contributed by atoms with Crippen LogP contribution in [0.2, 0.25) is 0 Å². The molecule has 10 atom stereocenters. The van der Waals surface area contributed by atoms with Crippen molar-refractivity contribution in [1.29, 1.82) is 0 Å². The summed E-state index contributed by atoms with van der Waals surface area (Å²) in [5.41, 5.74) is 6.32. The average Bonchev–Trinajstić information content (AvgIpc) is 3.68. The highest BCUT2D eigenvalue weighted by atomic mass is 31.2. The van der Waals surface area contributed by atoms with Crippen LogP contribution < -0.4 is 16.4 Å². The molecule has 2 aromatic rings. The van der Waals surface area contributed by atoms with Gasteiger partial charge in [0, 0.05) is 26.5 Å². The smallest absolute Gasteiger partial charge is 0.394 e. The van der Waals surface area contributed by atoms with Crippen molar-refractivity contribution in [2.75, 3.05) is 58.7 Å². The molecule has 2 aliphatic rings. The summed E-state index contributed by atoms with van der Waals surface area (Å²) >= 11 is 0. The molecular weight excluding hydrogens is 780 g/mol. The second-order valence-electron chi connectivity index (χ2n) is 12.7. The van der Waals surface area contributed by atoms with Gasteiger partial charge in [-0.15, -0.1) is 0 Å². The number of fused-ring (bicyclic) bond motifs is 1. The average molecular weight is 829 g/mol. The second-order valence-corrected chi connectivity index (χ2v) is 15.5. The van der Waals surface area contributed by atoms with Gasteiger partial charge in [-0.1, -0.05) is 0 Å². The Labute approximate surface area is 315 Å². The molecule has 2 saturated heterocycles. The molecule has 4 heterocycles. The number of carbonyl (C=O) groups is 2. The Balaban J connectivity index is 1.16. The third kappa shape index (κ3) is 11.8. The van der Waals surface area contributed by atoms with Crippen molar-refractivity contribution in [2.24, 2.45) is 0 Å². The van der Waals surface area contributed by atoms with E-state index in [0.29, 0.717) is 12.8 Å². The van der Waals surface area contributed by atoms with Crippen molar-refractivity contribution in [3.8, 4) is 0 Å². The highest BCUT2D eigenvalue weighted by Crippen LogP contribution is 2.54. The van der Waals surface area contributed by atoms with E-state index in [4.69, 9.17) is 34.2 Å². The molecule has 0 bridgehead atoms. The highest BCUT2D eigenvalue weighted by Gasteiger charge is 2.68. The first-order valence-electron chi connectivity index (χ1n) is 17.1. The Morgan fingerprint density at radius 3 is 2.51 bits per heavy atom. The van der Waals surface area contributed by atoms with E-state index in [1.54, 1.807) is 0 Å². The van der Waals surface area contributed by atoms with Crippen molar-refractivity contribution >= 4 is 44.6 Å². The SMILES string of the molecule is CC(=O)NC1[C@H](OCCCCC(=O)NCCOCCOCO[C@H]2[C@H](n3cnc4c(N)ncnc43)O[C@H](COP(=O)(O)O)[C@]2(C)[P+](=O)O)O[C@H](CO)[C@H](O)[C@@H]1O. The van der Waals surface area contributed by atoms with Crippen molar-refractivity contribution < 1.29 is 81.7 Å². The van der Waals surface area contributed by atoms with Crippen molar-refractivity contribution in [3.63, 3.8) is 0 Å². The number of hydrogen-bond donors (Lipinski definition) is 9. The second kappa shape index (κ2) is 20.5. The number of nitrogens with zero attached hydrogens (tertiary/aromatic N) is 4. The number of imidazole rings is 1. The van der Waals surface area contributed by atoms with E-state index in [1.165, 1.54) is 31.1 Å². The number of aliphatic hydroxyl groups excluding tert-OH is 3. The maximum atomic E-state index is 12.7. The van der Waals surface area contributed by atoms with Crippen LogP contribution in [0.5, 0.6) is 0 Å². The van der Waals surface area contributed by atoms with Crippen molar-refractivity contribution in [1.82, 2.24) is 30.2 Å². The standard InChI is InChI=1S/C29H47N7O17P2/c1-16(38)35-20-23(41)22(40)17(11-37)52-28(20)49-7-4-3-5-19(39)31-6-8-47-9-10-48-15-50-24-27(36-14-34-21-25(30)32-13-33-26(21)36)53-18(12-51-55(44,45)46)29(24,2)54(42)43/h13-14,17-18,20,22-24,27-28,37,40-41H,3-12,15H2,1-2H3,(H6-,30,31,32,33,35,38,39,42,43,44,45,46)/p+1/t17-,18-,20?,22+,23-,24+,27-,28-,29+/m1/s1. The van der Waals surface area contributed by atoms with Gasteiger partial charge in [-0.05, 0) is 24.3 Å². The maximum absolute atomic E-state index is 12.7. The van der Waals surface area contributed by atoms with Crippen LogP contribution in [0.3, 0.4) is 0 Å². The Morgan fingerprint density at radius 1 is 1.07 bits per heavy atom. The molecule has 0 saturated carbocycles. The number of phosphoric ester groups is 1. The largest absolute Gasteiger partial charge is 0.517 e. The number of nitrogen functional groups attached to an aromatic ring is 1. The van der Waals surface area contributed by atoms with E-state index in [9.17, 15) is 48.7 Å². The van der Waals surface area contributed by atoms with E-state index in [-0.39, 0.29) is 62.3 Å². The van der Waals surface area contributed by atoms with Gasteiger partial charge in [-0.25, -0.2) is 19.5 Å². The van der Waals surface area contributed by atoms with Gasteiger partial charge < -0.3 is 69.9 Å². The molecule has 24 nitrogen and oxygen atoms in total. The third-order valence-corrected chi connectivity index (χ3v) is 10.7. The summed E-state index contributed by atoms with van der Waals surface area (Å²) in [6.45, 7) is 1.47. The van der Waals surface area contributed by atoms with Gasteiger partial charge in [0.25, 0.3) is 5.16 Å². The molecule has 0 aromatic carbocycles. The minimum atomic E-state index is -4.97. The topological polar surface area (TPSA) is 348 Å².